The number of aromatic nitrogens is 3. The van der Waals surface area contributed by atoms with Crippen LogP contribution in [0, 0.1) is 23.0 Å². The molecule has 7 heterocycles. The van der Waals surface area contributed by atoms with Crippen LogP contribution in [0.4, 0.5) is 26.1 Å². The number of thiazole rings is 1. The van der Waals surface area contributed by atoms with Crippen molar-refractivity contribution in [1.82, 2.24) is 55.8 Å². The minimum absolute atomic E-state index is 0.0327. The first kappa shape index (κ1) is 61.7. The van der Waals surface area contributed by atoms with Crippen molar-refractivity contribution in [3.05, 3.63) is 87.6 Å². The smallest absolute Gasteiger partial charge is 0.246 e. The summed E-state index contributed by atoms with van der Waals surface area (Å²) in [5, 5.41) is 18.2. The van der Waals surface area contributed by atoms with Crippen LogP contribution in [0.3, 0.4) is 0 Å². The number of ketones is 1. The Hall–Kier alpha value is -6.40. The molecule has 5 aliphatic heterocycles. The highest BCUT2D eigenvalue weighted by Gasteiger charge is 2.43. The molecular formula is C62H86F2N14O6S. The van der Waals surface area contributed by atoms with Crippen molar-refractivity contribution >= 4 is 58.1 Å². The molecule has 0 radical (unpaired) electrons. The lowest BCUT2D eigenvalue weighted by atomic mass is 9.82. The van der Waals surface area contributed by atoms with E-state index in [1.807, 2.05) is 11.0 Å². The van der Waals surface area contributed by atoms with Crippen LogP contribution in [-0.2, 0) is 25.7 Å². The van der Waals surface area contributed by atoms with Gasteiger partial charge in [-0.3, -0.25) is 38.7 Å². The minimum atomic E-state index is -0.598. The van der Waals surface area contributed by atoms with Gasteiger partial charge in [0, 0.05) is 101 Å². The third-order valence-corrected chi connectivity index (χ3v) is 19.4. The zero-order chi connectivity index (χ0) is 59.7. The summed E-state index contributed by atoms with van der Waals surface area (Å²) in [6.45, 7) is 15.9. The molecule has 4 amide bonds. The van der Waals surface area contributed by atoms with Crippen LogP contribution in [0.2, 0.25) is 0 Å². The monoisotopic (exact) mass is 1190 g/mol. The summed E-state index contributed by atoms with van der Waals surface area (Å²) < 4.78 is 37.3. The van der Waals surface area contributed by atoms with Crippen LogP contribution in [0.15, 0.2) is 54.2 Å². The Kier molecular flexibility index (Phi) is 20.3. The van der Waals surface area contributed by atoms with E-state index in [1.165, 1.54) is 23.5 Å². The van der Waals surface area contributed by atoms with Gasteiger partial charge in [0.05, 0.1) is 42.9 Å². The summed E-state index contributed by atoms with van der Waals surface area (Å²) in [7, 11) is 1.73. The molecule has 2 aromatic carbocycles. The minimum Gasteiger partial charge on any atom is -0.492 e. The number of rotatable bonds is 22. The fourth-order valence-corrected chi connectivity index (χ4v) is 13.9. The van der Waals surface area contributed by atoms with Gasteiger partial charge in [-0.2, -0.15) is 0 Å². The van der Waals surface area contributed by atoms with Crippen molar-refractivity contribution in [2.75, 3.05) is 127 Å². The van der Waals surface area contributed by atoms with Crippen LogP contribution in [-0.4, -0.2) is 193 Å². The first-order valence-corrected chi connectivity index (χ1v) is 31.7. The van der Waals surface area contributed by atoms with Crippen molar-refractivity contribution in [3.63, 3.8) is 0 Å². The van der Waals surface area contributed by atoms with Gasteiger partial charge in [0.2, 0.25) is 29.4 Å². The van der Waals surface area contributed by atoms with E-state index < -0.39 is 29.3 Å². The number of likely N-dealkylation sites (tertiary alicyclic amines) is 2. The topological polar surface area (TPSA) is 213 Å². The molecular weight excluding hydrogens is 1110 g/mol. The van der Waals surface area contributed by atoms with Gasteiger partial charge >= 0.3 is 0 Å². The first-order chi connectivity index (χ1) is 41.0. The van der Waals surface area contributed by atoms with E-state index >= 15 is 8.78 Å². The summed E-state index contributed by atoms with van der Waals surface area (Å²) >= 11 is 1.38. The SMILES string of the molecule is CN[C@@H](C)C(=O)N[C@H](C(=O)N1CCC[C@H]1c1nc(C(=O)c2cccc(OCCNC(=O)CN3CCN(CCNc4cc(N5CCC6(CC5)CN(c5cc(F)c(CN7CCC(C)(C)CC7)cc5F)CC(=O)N6)ncn4)CC3)c2)cs1)C1CCCCC1. The zero-order valence-corrected chi connectivity index (χ0v) is 50.8. The quantitative estimate of drug-likeness (QED) is 0.0479. The third-order valence-electron chi connectivity index (χ3n) is 18.4. The number of hydrogen-bond donors (Lipinski definition) is 5. The molecule has 0 bridgehead atoms. The number of amides is 4. The van der Waals surface area contributed by atoms with Gasteiger partial charge in [-0.1, -0.05) is 45.2 Å². The zero-order valence-electron chi connectivity index (χ0n) is 49.9. The second-order valence-corrected chi connectivity index (χ2v) is 25.9. The summed E-state index contributed by atoms with van der Waals surface area (Å²) in [6.07, 6.45) is 11.4. The highest BCUT2D eigenvalue weighted by Crippen LogP contribution is 2.38. The molecule has 6 fully saturated rings. The predicted molar refractivity (Wildman–Crippen MR) is 324 cm³/mol. The number of piperazine rings is 2. The van der Waals surface area contributed by atoms with Gasteiger partial charge in [-0.05, 0) is 108 Å². The van der Waals surface area contributed by atoms with E-state index in [0.29, 0.717) is 92.1 Å². The molecule has 0 unspecified atom stereocenters. The van der Waals surface area contributed by atoms with E-state index in [-0.39, 0.29) is 72.2 Å². The highest BCUT2D eigenvalue weighted by molar-refractivity contribution is 7.10. The Bertz CT molecular complexity index is 2970. The number of nitrogens with zero attached hydrogens (tertiary/aromatic N) is 9. The number of nitrogens with one attached hydrogen (secondary N) is 5. The Morgan fingerprint density at radius 3 is 2.36 bits per heavy atom. The molecule has 5 saturated heterocycles. The lowest BCUT2D eigenvalue weighted by Crippen LogP contribution is -2.66. The molecule has 460 valence electrons. The Balaban J connectivity index is 0.614. The normalized spacial score (nSPS) is 21.3. The lowest BCUT2D eigenvalue weighted by Gasteiger charge is -2.48. The number of carbonyl (C=O) groups excluding carboxylic acids is 5. The maximum Gasteiger partial charge on any atom is 0.246 e. The van der Waals surface area contributed by atoms with E-state index in [1.54, 1.807) is 54.8 Å². The Morgan fingerprint density at radius 2 is 1.60 bits per heavy atom. The summed E-state index contributed by atoms with van der Waals surface area (Å²) in [5.74, 6) is 0.331. The van der Waals surface area contributed by atoms with Crippen LogP contribution < -0.4 is 41.1 Å². The Labute approximate surface area is 502 Å². The fraction of sp³-hybridized carbons (Fsp3) is 0.613. The van der Waals surface area contributed by atoms with Gasteiger partial charge in [0.15, 0.2) is 0 Å². The number of anilines is 3. The molecule has 3 atom stereocenters. The summed E-state index contributed by atoms with van der Waals surface area (Å²) in [6, 6.07) is 10.2. The van der Waals surface area contributed by atoms with Crippen LogP contribution in [0.1, 0.15) is 124 Å². The molecule has 2 aromatic heterocycles. The van der Waals surface area contributed by atoms with Gasteiger partial charge in [-0.25, -0.2) is 23.7 Å². The first-order valence-electron chi connectivity index (χ1n) is 30.8. The summed E-state index contributed by atoms with van der Waals surface area (Å²) in [5.41, 5.74) is 0.887. The molecule has 85 heavy (non-hydrogen) atoms. The lowest BCUT2D eigenvalue weighted by molar-refractivity contribution is -0.139. The number of carbonyl (C=O) groups is 5. The van der Waals surface area contributed by atoms with Gasteiger partial charge in [0.1, 0.15) is 58.7 Å². The van der Waals surface area contributed by atoms with Crippen molar-refractivity contribution in [3.8, 4) is 5.75 Å². The number of piperidine rings is 2. The average Bonchev–Trinajstić information content (AvgIpc) is 3.46. The van der Waals surface area contributed by atoms with Crippen LogP contribution in [0.25, 0.3) is 0 Å². The molecule has 1 spiro atoms. The van der Waals surface area contributed by atoms with Crippen LogP contribution in [0.5, 0.6) is 5.75 Å². The van der Waals surface area contributed by atoms with Crippen LogP contribution >= 0.6 is 11.3 Å². The highest BCUT2D eigenvalue weighted by atomic mass is 32.1. The van der Waals surface area contributed by atoms with E-state index in [0.717, 1.165) is 109 Å². The fourth-order valence-electron chi connectivity index (χ4n) is 13.0. The molecule has 23 heteroatoms. The van der Waals surface area contributed by atoms with Gasteiger partial charge < -0.3 is 46.0 Å². The molecule has 4 aromatic rings. The summed E-state index contributed by atoms with van der Waals surface area (Å²) in [4.78, 5) is 93.4. The van der Waals surface area contributed by atoms with Crippen molar-refractivity contribution in [2.24, 2.45) is 11.3 Å². The maximum atomic E-state index is 15.8. The van der Waals surface area contributed by atoms with E-state index in [4.69, 9.17) is 9.72 Å². The van der Waals surface area contributed by atoms with Gasteiger partial charge in [-0.15, -0.1) is 11.3 Å². The standard InChI is InChI=1S/C62H86F2N14O6S/c1-42(65-4)58(82)71-56(43-10-6-5-7-11-43)60(83)78-21-9-14-50(78)59-70-49(39-85-59)57(81)44-12-8-13-46(32-44)84-31-20-67-54(79)37-75-29-27-73(28-30-75)26-19-66-52-35-53(69-41-68-52)76-24-17-62(18-25-76)40-77(38-55(80)72-62)51-34-47(63)45(33-48(51)64)36-74-22-15-61(2,3)16-23-74/h8,12-13,32-35,39,41-43,50,56,65H,5-7,9-11,14-31,36-38,40H2,1-4H3,(H,67,79)(H,71,82)(H,72,80)(H,66,68,69)/t42-,50-,56-/m0/s1. The van der Waals surface area contributed by atoms with E-state index in [9.17, 15) is 24.0 Å². The van der Waals surface area contributed by atoms with Crippen molar-refractivity contribution < 1.29 is 37.5 Å². The molecule has 1 saturated carbocycles. The molecule has 6 aliphatic rings. The van der Waals surface area contributed by atoms with Gasteiger partial charge in [0.25, 0.3) is 0 Å². The number of ether oxygens (including phenoxy) is 1. The largest absolute Gasteiger partial charge is 0.492 e. The number of likely N-dealkylation sites (N-methyl/N-ethyl adjacent to an activating group) is 1. The number of benzene rings is 2. The second-order valence-electron chi connectivity index (χ2n) is 25.0. The van der Waals surface area contributed by atoms with Crippen molar-refractivity contribution in [2.45, 2.75) is 122 Å². The van der Waals surface area contributed by atoms with E-state index in [2.05, 4.69) is 70.0 Å². The molecule has 1 aliphatic carbocycles. The average molecular weight is 1190 g/mol. The Morgan fingerprint density at radius 1 is 0.835 bits per heavy atom. The third kappa shape index (κ3) is 15.8. The molecule has 5 N–H and O–H groups in total. The van der Waals surface area contributed by atoms with Crippen molar-refractivity contribution in [1.29, 1.82) is 0 Å². The second kappa shape index (κ2) is 28.0. The predicted octanol–water partition coefficient (Wildman–Crippen LogP) is 5.60. The molecule has 20 nitrogen and oxygen atoms in total. The number of halogens is 2. The maximum absolute atomic E-state index is 15.8. The number of hydrogen-bond acceptors (Lipinski definition) is 17. The molecule has 10 rings (SSSR count).